The first-order valence-electron chi connectivity index (χ1n) is 10.8. The molecule has 1 atom stereocenters. The molecule has 5 rings (SSSR count). The molecule has 9 heteroatoms. The van der Waals surface area contributed by atoms with Gasteiger partial charge in [0.1, 0.15) is 5.75 Å². The Labute approximate surface area is 191 Å². The molecule has 1 amide bonds. The van der Waals surface area contributed by atoms with Crippen LogP contribution < -0.4 is 4.74 Å². The molecule has 1 saturated heterocycles. The maximum atomic E-state index is 13.6. The van der Waals surface area contributed by atoms with E-state index < -0.39 is 0 Å². The third kappa shape index (κ3) is 3.75. The fourth-order valence-corrected chi connectivity index (χ4v) is 4.31. The summed E-state index contributed by atoms with van der Waals surface area (Å²) in [5, 5.41) is 12.7. The van der Waals surface area contributed by atoms with Gasteiger partial charge < -0.3 is 14.2 Å². The van der Waals surface area contributed by atoms with Crippen LogP contribution in [0.4, 0.5) is 0 Å². The maximum absolute atomic E-state index is 13.6. The molecule has 0 N–H and O–H groups in total. The van der Waals surface area contributed by atoms with E-state index in [4.69, 9.17) is 9.26 Å². The highest BCUT2D eigenvalue weighted by atomic mass is 16.5. The number of amides is 1. The number of aromatic nitrogens is 5. The van der Waals surface area contributed by atoms with Gasteiger partial charge in [-0.2, -0.15) is 20.0 Å². The summed E-state index contributed by atoms with van der Waals surface area (Å²) in [6.45, 7) is 4.54. The molecule has 0 saturated carbocycles. The zero-order valence-corrected chi connectivity index (χ0v) is 18.7. The van der Waals surface area contributed by atoms with Gasteiger partial charge in [0, 0.05) is 17.7 Å². The van der Waals surface area contributed by atoms with Gasteiger partial charge in [0.05, 0.1) is 36.8 Å². The zero-order valence-electron chi connectivity index (χ0n) is 18.7. The normalized spacial score (nSPS) is 15.7. The molecule has 3 heterocycles. The number of benzene rings is 2. The highest BCUT2D eigenvalue weighted by Gasteiger charge is 2.35. The first-order valence-corrected chi connectivity index (χ1v) is 10.8. The van der Waals surface area contributed by atoms with Crippen LogP contribution in [0.25, 0.3) is 17.1 Å². The second kappa shape index (κ2) is 8.50. The van der Waals surface area contributed by atoms with Crippen molar-refractivity contribution in [3.05, 3.63) is 71.3 Å². The summed E-state index contributed by atoms with van der Waals surface area (Å²) < 4.78 is 11.0. The van der Waals surface area contributed by atoms with Crippen molar-refractivity contribution in [3.8, 4) is 22.9 Å². The van der Waals surface area contributed by atoms with E-state index in [2.05, 4.69) is 20.3 Å². The van der Waals surface area contributed by atoms with Gasteiger partial charge in [-0.15, -0.1) is 0 Å². The van der Waals surface area contributed by atoms with Gasteiger partial charge in [-0.05, 0) is 56.5 Å². The highest BCUT2D eigenvalue weighted by molar-refractivity contribution is 5.98. The monoisotopic (exact) mass is 444 g/mol. The zero-order chi connectivity index (χ0) is 22.9. The molecular weight excluding hydrogens is 420 g/mol. The number of carbonyl (C=O) groups excluding carboxylic acids is 1. The van der Waals surface area contributed by atoms with Crippen LogP contribution in [0.1, 0.15) is 46.2 Å². The van der Waals surface area contributed by atoms with Crippen LogP contribution in [0.3, 0.4) is 0 Å². The number of carbonyl (C=O) groups is 1. The Hall–Kier alpha value is -4.01. The smallest absolute Gasteiger partial charge is 0.258 e. The van der Waals surface area contributed by atoms with Gasteiger partial charge in [0.2, 0.25) is 0 Å². The van der Waals surface area contributed by atoms with Crippen LogP contribution in [0.2, 0.25) is 0 Å². The Kier molecular flexibility index (Phi) is 5.37. The molecule has 168 valence electrons. The van der Waals surface area contributed by atoms with Gasteiger partial charge in [0.25, 0.3) is 11.8 Å². The molecule has 2 aromatic carbocycles. The van der Waals surface area contributed by atoms with Gasteiger partial charge in [-0.1, -0.05) is 17.3 Å². The quantitative estimate of drug-likeness (QED) is 0.460. The lowest BCUT2D eigenvalue weighted by molar-refractivity contribution is 0.0728. The molecule has 2 aromatic heterocycles. The number of hydrogen-bond acceptors (Lipinski definition) is 7. The van der Waals surface area contributed by atoms with Crippen molar-refractivity contribution in [2.24, 2.45) is 0 Å². The first kappa shape index (κ1) is 20.9. The summed E-state index contributed by atoms with van der Waals surface area (Å²) >= 11 is 0. The molecule has 1 aliphatic heterocycles. The van der Waals surface area contributed by atoms with Crippen LogP contribution in [-0.4, -0.2) is 49.6 Å². The number of methoxy groups -OCH3 is 1. The molecular formula is C24H24N6O3. The van der Waals surface area contributed by atoms with E-state index in [1.807, 2.05) is 55.1 Å². The number of aryl methyl sites for hydroxylation is 1. The average Bonchev–Trinajstić information content (AvgIpc) is 3.60. The molecule has 9 nitrogen and oxygen atoms in total. The van der Waals surface area contributed by atoms with Crippen molar-refractivity contribution < 1.29 is 14.1 Å². The highest BCUT2D eigenvalue weighted by Crippen LogP contribution is 2.35. The van der Waals surface area contributed by atoms with Crippen molar-refractivity contribution >= 4 is 5.91 Å². The second-order valence-corrected chi connectivity index (χ2v) is 8.09. The molecule has 0 bridgehead atoms. The van der Waals surface area contributed by atoms with E-state index in [0.29, 0.717) is 29.5 Å². The number of ether oxygens (including phenoxy) is 1. The van der Waals surface area contributed by atoms with Crippen molar-refractivity contribution in [3.63, 3.8) is 0 Å². The Morgan fingerprint density at radius 3 is 2.76 bits per heavy atom. The molecule has 1 unspecified atom stereocenters. The van der Waals surface area contributed by atoms with E-state index in [1.54, 1.807) is 19.5 Å². The van der Waals surface area contributed by atoms with Gasteiger partial charge >= 0.3 is 0 Å². The van der Waals surface area contributed by atoms with E-state index >= 15 is 0 Å². The lowest BCUT2D eigenvalue weighted by Gasteiger charge is -2.23. The van der Waals surface area contributed by atoms with Gasteiger partial charge in [-0.25, -0.2) is 0 Å². The molecule has 0 spiro atoms. The van der Waals surface area contributed by atoms with Crippen LogP contribution in [0.15, 0.2) is 53.3 Å². The van der Waals surface area contributed by atoms with Crippen LogP contribution in [-0.2, 0) is 0 Å². The number of hydrogen-bond donors (Lipinski definition) is 0. The summed E-state index contributed by atoms with van der Waals surface area (Å²) in [4.78, 5) is 21.6. The van der Waals surface area contributed by atoms with E-state index in [0.717, 1.165) is 35.3 Å². The lowest BCUT2D eigenvalue weighted by atomic mass is 10.1. The Balaban J connectivity index is 1.47. The van der Waals surface area contributed by atoms with Crippen molar-refractivity contribution in [1.82, 2.24) is 30.0 Å². The molecule has 1 fully saturated rings. The van der Waals surface area contributed by atoms with Crippen molar-refractivity contribution in [1.29, 1.82) is 0 Å². The van der Waals surface area contributed by atoms with Crippen LogP contribution in [0, 0.1) is 13.8 Å². The van der Waals surface area contributed by atoms with Crippen molar-refractivity contribution in [2.75, 3.05) is 13.7 Å². The minimum Gasteiger partial charge on any atom is -0.496 e. The molecule has 4 aromatic rings. The maximum Gasteiger partial charge on any atom is 0.258 e. The summed E-state index contributed by atoms with van der Waals surface area (Å²) in [6, 6.07) is 11.1. The third-order valence-corrected chi connectivity index (χ3v) is 6.01. The number of rotatable bonds is 5. The summed E-state index contributed by atoms with van der Waals surface area (Å²) in [5.74, 6) is 1.57. The SMILES string of the molecule is COc1cccc(-c2nc(C3CCCN3C(=O)c3ccc(C)cc3-n3nccn3)no2)c1C. The van der Waals surface area contributed by atoms with Crippen LogP contribution in [0.5, 0.6) is 5.75 Å². The van der Waals surface area contributed by atoms with Crippen molar-refractivity contribution in [2.45, 2.75) is 32.7 Å². The molecule has 0 aliphatic carbocycles. The molecule has 33 heavy (non-hydrogen) atoms. The summed E-state index contributed by atoms with van der Waals surface area (Å²) in [6.07, 6.45) is 4.82. The Morgan fingerprint density at radius 2 is 1.97 bits per heavy atom. The lowest BCUT2D eigenvalue weighted by Crippen LogP contribution is -2.32. The van der Waals surface area contributed by atoms with Crippen LogP contribution >= 0.6 is 0 Å². The first-order chi connectivity index (χ1) is 16.1. The Morgan fingerprint density at radius 1 is 1.15 bits per heavy atom. The van der Waals surface area contributed by atoms with Gasteiger partial charge in [0.15, 0.2) is 5.82 Å². The molecule has 0 radical (unpaired) electrons. The fourth-order valence-electron chi connectivity index (χ4n) is 4.31. The minimum absolute atomic E-state index is 0.103. The topological polar surface area (TPSA) is 99.2 Å². The predicted molar refractivity (Wildman–Crippen MR) is 120 cm³/mol. The standard InChI is InChI=1S/C24H24N6O3/c1-15-9-10-18(20(14-15)30-25-11-12-26-30)24(31)29-13-5-7-19(29)22-27-23(33-28-22)17-6-4-8-21(32-3)16(17)2/h4,6,8-12,14,19H,5,7,13H2,1-3H3. The predicted octanol–water partition coefficient (Wildman–Crippen LogP) is 3.92. The third-order valence-electron chi connectivity index (χ3n) is 6.01. The number of likely N-dealkylation sites (tertiary alicyclic amines) is 1. The summed E-state index contributed by atoms with van der Waals surface area (Å²) in [7, 11) is 1.63. The number of nitrogens with zero attached hydrogens (tertiary/aromatic N) is 6. The van der Waals surface area contributed by atoms with E-state index in [1.165, 1.54) is 4.80 Å². The largest absolute Gasteiger partial charge is 0.496 e. The van der Waals surface area contributed by atoms with E-state index in [9.17, 15) is 4.79 Å². The van der Waals surface area contributed by atoms with Gasteiger partial charge in [-0.3, -0.25) is 4.79 Å². The van der Waals surface area contributed by atoms with E-state index in [-0.39, 0.29) is 11.9 Å². The minimum atomic E-state index is -0.263. The Bertz CT molecular complexity index is 1300. The average molecular weight is 444 g/mol. The summed E-state index contributed by atoms with van der Waals surface area (Å²) in [5.41, 5.74) is 3.95. The fraction of sp³-hybridized carbons (Fsp3) is 0.292. The molecule has 1 aliphatic rings. The second-order valence-electron chi connectivity index (χ2n) is 8.09.